The average molecular weight is 215 g/mol. The first-order chi connectivity index (χ1) is 7.24. The molecule has 0 aromatic heterocycles. The van der Waals surface area contributed by atoms with Gasteiger partial charge in [-0.1, -0.05) is 0 Å². The van der Waals surface area contributed by atoms with Crippen LogP contribution in [0.2, 0.25) is 0 Å². The number of hydrogen-bond donors (Lipinski definition) is 0. The van der Waals surface area contributed by atoms with Gasteiger partial charge in [-0.2, -0.15) is 0 Å². The van der Waals surface area contributed by atoms with Crippen molar-refractivity contribution in [2.24, 2.45) is 0 Å². The van der Waals surface area contributed by atoms with Gasteiger partial charge in [-0.3, -0.25) is 9.69 Å². The zero-order valence-corrected chi connectivity index (χ0v) is 9.70. The van der Waals surface area contributed by atoms with E-state index in [4.69, 9.17) is 9.47 Å². The molecule has 0 N–H and O–H groups in total. The molecule has 4 nitrogen and oxygen atoms in total. The Balaban J connectivity index is 2.07. The molecule has 0 saturated carbocycles. The Morgan fingerprint density at radius 1 is 1.40 bits per heavy atom. The van der Waals surface area contributed by atoms with Crippen LogP contribution < -0.4 is 0 Å². The van der Waals surface area contributed by atoms with Gasteiger partial charge in [0.1, 0.15) is 5.78 Å². The zero-order chi connectivity index (χ0) is 11.1. The van der Waals surface area contributed by atoms with Gasteiger partial charge in [0.2, 0.25) is 0 Å². The first kappa shape index (κ1) is 12.6. The van der Waals surface area contributed by atoms with Crippen molar-refractivity contribution >= 4 is 5.78 Å². The molecule has 88 valence electrons. The molecule has 0 aromatic rings. The van der Waals surface area contributed by atoms with Crippen molar-refractivity contribution < 1.29 is 14.3 Å². The number of ether oxygens (including phenoxy) is 2. The standard InChI is InChI=1S/C11H21NO3/c1-10-9-11(13)3-4-12(10)5-6-15-8-7-14-2/h10H,3-9H2,1-2H3. The lowest BCUT2D eigenvalue weighted by atomic mass is 10.0. The molecule has 0 amide bonds. The molecule has 1 saturated heterocycles. The Hall–Kier alpha value is -0.450. The van der Waals surface area contributed by atoms with Crippen LogP contribution in [0.3, 0.4) is 0 Å². The van der Waals surface area contributed by atoms with Gasteiger partial charge >= 0.3 is 0 Å². The summed E-state index contributed by atoms with van der Waals surface area (Å²) in [5.41, 5.74) is 0. The van der Waals surface area contributed by atoms with E-state index in [-0.39, 0.29) is 0 Å². The Bertz CT molecular complexity index is 196. The number of Topliss-reactive ketones (excluding diaryl/α,β-unsaturated/α-hetero) is 1. The van der Waals surface area contributed by atoms with Crippen molar-refractivity contribution in [2.45, 2.75) is 25.8 Å². The number of likely N-dealkylation sites (tertiary alicyclic amines) is 1. The van der Waals surface area contributed by atoms with Crippen molar-refractivity contribution in [3.05, 3.63) is 0 Å². The highest BCUT2D eigenvalue weighted by molar-refractivity contribution is 5.79. The molecule has 15 heavy (non-hydrogen) atoms. The number of hydrogen-bond acceptors (Lipinski definition) is 4. The van der Waals surface area contributed by atoms with Crippen LogP contribution in [-0.2, 0) is 14.3 Å². The minimum Gasteiger partial charge on any atom is -0.382 e. The molecule has 1 unspecified atom stereocenters. The Morgan fingerprint density at radius 2 is 2.20 bits per heavy atom. The molecule has 4 heteroatoms. The summed E-state index contributed by atoms with van der Waals surface area (Å²) in [6.07, 6.45) is 1.39. The number of carbonyl (C=O) groups is 1. The molecule has 1 atom stereocenters. The van der Waals surface area contributed by atoms with Crippen LogP contribution in [0.15, 0.2) is 0 Å². The molecule has 0 bridgehead atoms. The third-order valence-electron chi connectivity index (χ3n) is 2.78. The lowest BCUT2D eigenvalue weighted by molar-refractivity contribution is -0.123. The van der Waals surface area contributed by atoms with Crippen molar-refractivity contribution in [3.63, 3.8) is 0 Å². The van der Waals surface area contributed by atoms with Crippen LogP contribution in [0.4, 0.5) is 0 Å². The van der Waals surface area contributed by atoms with Crippen LogP contribution in [0.5, 0.6) is 0 Å². The summed E-state index contributed by atoms with van der Waals surface area (Å²) in [6.45, 7) is 5.92. The molecule has 0 radical (unpaired) electrons. The van der Waals surface area contributed by atoms with E-state index in [1.807, 2.05) is 0 Å². The first-order valence-corrected chi connectivity index (χ1v) is 5.56. The molecule has 0 aromatic carbocycles. The summed E-state index contributed by atoms with van der Waals surface area (Å²) in [5, 5.41) is 0. The van der Waals surface area contributed by atoms with Gasteiger partial charge in [0, 0.05) is 39.1 Å². The molecule has 0 spiro atoms. The lowest BCUT2D eigenvalue weighted by Crippen LogP contribution is -2.42. The first-order valence-electron chi connectivity index (χ1n) is 5.56. The normalized spacial score (nSPS) is 23.3. The quantitative estimate of drug-likeness (QED) is 0.611. The molecule has 1 aliphatic heterocycles. The fraction of sp³-hybridized carbons (Fsp3) is 0.909. The highest BCUT2D eigenvalue weighted by Gasteiger charge is 2.22. The smallest absolute Gasteiger partial charge is 0.135 e. The van der Waals surface area contributed by atoms with Gasteiger partial charge < -0.3 is 9.47 Å². The van der Waals surface area contributed by atoms with Crippen molar-refractivity contribution in [2.75, 3.05) is 40.0 Å². The van der Waals surface area contributed by atoms with Crippen molar-refractivity contribution in [1.82, 2.24) is 4.90 Å². The molecule has 1 aliphatic rings. The Morgan fingerprint density at radius 3 is 2.87 bits per heavy atom. The highest BCUT2D eigenvalue weighted by Crippen LogP contribution is 2.12. The molecule has 0 aliphatic carbocycles. The van der Waals surface area contributed by atoms with Gasteiger partial charge in [-0.15, -0.1) is 0 Å². The minimum absolute atomic E-state index is 0.372. The van der Waals surface area contributed by atoms with Crippen molar-refractivity contribution in [1.29, 1.82) is 0 Å². The summed E-state index contributed by atoms with van der Waals surface area (Å²) in [6, 6.07) is 0.372. The SMILES string of the molecule is COCCOCCN1CCC(=O)CC1C. The largest absolute Gasteiger partial charge is 0.382 e. The summed E-state index contributed by atoms with van der Waals surface area (Å²) in [4.78, 5) is 13.5. The number of carbonyl (C=O) groups excluding carboxylic acids is 1. The number of rotatable bonds is 6. The van der Waals surface area contributed by atoms with E-state index in [1.54, 1.807) is 7.11 Å². The fourth-order valence-corrected chi connectivity index (χ4v) is 1.81. The summed E-state index contributed by atoms with van der Waals surface area (Å²) < 4.78 is 10.3. The predicted octanol–water partition coefficient (Wildman–Crippen LogP) is 0.703. The van der Waals surface area contributed by atoms with E-state index in [9.17, 15) is 4.79 Å². The van der Waals surface area contributed by atoms with Crippen molar-refractivity contribution in [3.8, 4) is 0 Å². The number of methoxy groups -OCH3 is 1. The molecular weight excluding hydrogens is 194 g/mol. The minimum atomic E-state index is 0.372. The van der Waals surface area contributed by atoms with E-state index < -0.39 is 0 Å². The molecule has 1 fully saturated rings. The summed E-state index contributed by atoms with van der Waals surface area (Å²) in [5.74, 6) is 0.388. The molecule has 1 rings (SSSR count). The predicted molar refractivity (Wildman–Crippen MR) is 58.0 cm³/mol. The van der Waals surface area contributed by atoms with Gasteiger partial charge in [-0.25, -0.2) is 0 Å². The van der Waals surface area contributed by atoms with Crippen LogP contribution in [-0.4, -0.2) is 56.7 Å². The van der Waals surface area contributed by atoms with Crippen LogP contribution in [0.25, 0.3) is 0 Å². The monoisotopic (exact) mass is 215 g/mol. The van der Waals surface area contributed by atoms with Gasteiger partial charge in [-0.05, 0) is 6.92 Å². The average Bonchev–Trinajstić information content (AvgIpc) is 2.20. The molecular formula is C11H21NO3. The lowest BCUT2D eigenvalue weighted by Gasteiger charge is -2.32. The van der Waals surface area contributed by atoms with Crippen LogP contribution in [0.1, 0.15) is 19.8 Å². The van der Waals surface area contributed by atoms with E-state index in [2.05, 4.69) is 11.8 Å². The third-order valence-corrected chi connectivity index (χ3v) is 2.78. The van der Waals surface area contributed by atoms with Crippen LogP contribution in [0, 0.1) is 0 Å². The maximum atomic E-state index is 11.2. The number of nitrogens with zero attached hydrogens (tertiary/aromatic N) is 1. The van der Waals surface area contributed by atoms with Crippen LogP contribution >= 0.6 is 0 Å². The van der Waals surface area contributed by atoms with Gasteiger partial charge in [0.05, 0.1) is 19.8 Å². The number of ketones is 1. The zero-order valence-electron chi connectivity index (χ0n) is 9.70. The van der Waals surface area contributed by atoms with E-state index >= 15 is 0 Å². The maximum absolute atomic E-state index is 11.2. The Kier molecular flexibility index (Phi) is 5.83. The second-order valence-electron chi connectivity index (χ2n) is 3.98. The third kappa shape index (κ3) is 4.73. The molecule has 1 heterocycles. The number of piperidine rings is 1. The summed E-state index contributed by atoms with van der Waals surface area (Å²) in [7, 11) is 1.67. The van der Waals surface area contributed by atoms with E-state index in [0.29, 0.717) is 37.9 Å². The van der Waals surface area contributed by atoms with E-state index in [1.165, 1.54) is 0 Å². The fourth-order valence-electron chi connectivity index (χ4n) is 1.81. The Labute approximate surface area is 91.5 Å². The topological polar surface area (TPSA) is 38.8 Å². The van der Waals surface area contributed by atoms with Gasteiger partial charge in [0.15, 0.2) is 0 Å². The van der Waals surface area contributed by atoms with E-state index in [0.717, 1.165) is 19.7 Å². The van der Waals surface area contributed by atoms with Gasteiger partial charge in [0.25, 0.3) is 0 Å². The second-order valence-corrected chi connectivity index (χ2v) is 3.98. The second kappa shape index (κ2) is 6.93. The maximum Gasteiger partial charge on any atom is 0.135 e. The highest BCUT2D eigenvalue weighted by atomic mass is 16.5. The summed E-state index contributed by atoms with van der Waals surface area (Å²) >= 11 is 0.